The zero-order valence-electron chi connectivity index (χ0n) is 12.6. The third kappa shape index (κ3) is 5.31. The number of amides is 1. The van der Waals surface area contributed by atoms with Crippen molar-refractivity contribution in [2.45, 2.75) is 38.6 Å². The van der Waals surface area contributed by atoms with E-state index in [1.54, 1.807) is 26.8 Å². The van der Waals surface area contributed by atoms with Gasteiger partial charge < -0.3 is 20.3 Å². The van der Waals surface area contributed by atoms with Crippen molar-refractivity contribution in [3.8, 4) is 6.07 Å². The molecule has 0 bridgehead atoms. The summed E-state index contributed by atoms with van der Waals surface area (Å²) in [7, 11) is 0. The van der Waals surface area contributed by atoms with Gasteiger partial charge in [-0.05, 0) is 32.9 Å². The number of carbonyl (C=O) groups is 1. The molecule has 1 rings (SSSR count). The van der Waals surface area contributed by atoms with Crippen molar-refractivity contribution < 1.29 is 24.1 Å². The number of hydrogen-bond donors (Lipinski definition) is 3. The standard InChI is InChI=1S/C15H19FN2O4/c1-15(2,3)22-14(21)18-8-12(19)13(20)10-5-4-9(7-17)6-11(10)16/h4-6,12-13,19-20H,8H2,1-3H3,(H,18,21). The summed E-state index contributed by atoms with van der Waals surface area (Å²) in [5.74, 6) is -0.803. The van der Waals surface area contributed by atoms with E-state index in [-0.39, 0.29) is 17.7 Å². The summed E-state index contributed by atoms with van der Waals surface area (Å²) in [6, 6.07) is 5.28. The molecule has 2 unspecified atom stereocenters. The van der Waals surface area contributed by atoms with Gasteiger partial charge in [0.1, 0.15) is 23.6 Å². The van der Waals surface area contributed by atoms with Gasteiger partial charge in [-0.1, -0.05) is 6.07 Å². The smallest absolute Gasteiger partial charge is 0.407 e. The second-order valence-electron chi connectivity index (χ2n) is 5.74. The van der Waals surface area contributed by atoms with Crippen LogP contribution in [0.4, 0.5) is 9.18 Å². The monoisotopic (exact) mass is 310 g/mol. The Morgan fingerprint density at radius 2 is 2.09 bits per heavy atom. The number of rotatable bonds is 4. The molecular formula is C15H19FN2O4. The molecule has 0 spiro atoms. The number of aliphatic hydroxyl groups excluding tert-OH is 2. The highest BCUT2D eigenvalue weighted by molar-refractivity contribution is 5.67. The summed E-state index contributed by atoms with van der Waals surface area (Å²) in [6.07, 6.45) is -3.71. The highest BCUT2D eigenvalue weighted by atomic mass is 19.1. The van der Waals surface area contributed by atoms with Crippen LogP contribution in [0.15, 0.2) is 18.2 Å². The number of hydrogen-bond acceptors (Lipinski definition) is 5. The van der Waals surface area contributed by atoms with Crippen LogP contribution in [0, 0.1) is 17.1 Å². The van der Waals surface area contributed by atoms with Gasteiger partial charge in [-0.3, -0.25) is 0 Å². The second kappa shape index (κ2) is 7.20. The van der Waals surface area contributed by atoms with Gasteiger partial charge in [0.2, 0.25) is 0 Å². The van der Waals surface area contributed by atoms with Crippen LogP contribution >= 0.6 is 0 Å². The first-order valence-corrected chi connectivity index (χ1v) is 6.66. The average Bonchev–Trinajstić information content (AvgIpc) is 2.42. The predicted octanol–water partition coefficient (Wildman–Crippen LogP) is 1.62. The quantitative estimate of drug-likeness (QED) is 0.784. The first kappa shape index (κ1) is 17.9. The Morgan fingerprint density at radius 1 is 1.45 bits per heavy atom. The molecule has 1 aromatic carbocycles. The zero-order chi connectivity index (χ0) is 16.9. The molecule has 7 heteroatoms. The number of nitriles is 1. The van der Waals surface area contributed by atoms with Crippen LogP contribution in [0.25, 0.3) is 0 Å². The lowest BCUT2D eigenvalue weighted by Crippen LogP contribution is -2.39. The van der Waals surface area contributed by atoms with Crippen LogP contribution in [0.1, 0.15) is 38.0 Å². The average molecular weight is 310 g/mol. The highest BCUT2D eigenvalue weighted by Gasteiger charge is 2.23. The molecule has 1 amide bonds. The number of benzene rings is 1. The van der Waals surface area contributed by atoms with Crippen molar-refractivity contribution in [1.82, 2.24) is 5.32 Å². The maximum atomic E-state index is 13.7. The van der Waals surface area contributed by atoms with Crippen LogP contribution in [0.3, 0.4) is 0 Å². The van der Waals surface area contributed by atoms with Crippen molar-refractivity contribution in [2.24, 2.45) is 0 Å². The van der Waals surface area contributed by atoms with Crippen molar-refractivity contribution in [3.63, 3.8) is 0 Å². The number of alkyl carbamates (subject to hydrolysis) is 1. The Bertz CT molecular complexity index is 578. The molecule has 0 saturated carbocycles. The first-order chi connectivity index (χ1) is 10.1. The third-order valence-electron chi connectivity index (χ3n) is 2.67. The number of aliphatic hydroxyl groups is 2. The Morgan fingerprint density at radius 3 is 2.59 bits per heavy atom. The lowest BCUT2D eigenvalue weighted by atomic mass is 10.0. The third-order valence-corrected chi connectivity index (χ3v) is 2.67. The van der Waals surface area contributed by atoms with E-state index in [4.69, 9.17) is 10.00 Å². The Labute approximate surface area is 128 Å². The van der Waals surface area contributed by atoms with Crippen molar-refractivity contribution >= 4 is 6.09 Å². The Kier molecular flexibility index (Phi) is 5.85. The van der Waals surface area contributed by atoms with Gasteiger partial charge in [-0.25, -0.2) is 9.18 Å². The second-order valence-corrected chi connectivity index (χ2v) is 5.74. The molecule has 0 radical (unpaired) electrons. The van der Waals surface area contributed by atoms with Crippen LogP contribution in [0.2, 0.25) is 0 Å². The number of halogens is 1. The van der Waals surface area contributed by atoms with Gasteiger partial charge >= 0.3 is 6.09 Å². The minimum Gasteiger partial charge on any atom is -0.444 e. The molecule has 22 heavy (non-hydrogen) atoms. The van der Waals surface area contributed by atoms with E-state index < -0.39 is 29.7 Å². The molecule has 0 aliphatic carbocycles. The summed E-state index contributed by atoms with van der Waals surface area (Å²) < 4.78 is 18.7. The van der Waals surface area contributed by atoms with Gasteiger partial charge in [0, 0.05) is 12.1 Å². The summed E-state index contributed by atoms with van der Waals surface area (Å²) in [5, 5.41) is 30.7. The molecule has 1 aromatic rings. The predicted molar refractivity (Wildman–Crippen MR) is 76.3 cm³/mol. The number of carbonyl (C=O) groups excluding carboxylic acids is 1. The highest BCUT2D eigenvalue weighted by Crippen LogP contribution is 2.21. The largest absolute Gasteiger partial charge is 0.444 e. The van der Waals surface area contributed by atoms with E-state index in [1.807, 2.05) is 0 Å². The number of nitrogens with one attached hydrogen (secondary N) is 1. The van der Waals surface area contributed by atoms with E-state index in [0.29, 0.717) is 0 Å². The molecule has 2 atom stereocenters. The minimum absolute atomic E-state index is 0.106. The number of nitrogens with zero attached hydrogens (tertiary/aromatic N) is 1. The maximum Gasteiger partial charge on any atom is 0.407 e. The lowest BCUT2D eigenvalue weighted by Gasteiger charge is -2.22. The molecule has 3 N–H and O–H groups in total. The Balaban J connectivity index is 2.64. The van der Waals surface area contributed by atoms with E-state index in [1.165, 1.54) is 12.1 Å². The maximum absolute atomic E-state index is 13.7. The SMILES string of the molecule is CC(C)(C)OC(=O)NCC(O)C(O)c1ccc(C#N)cc1F. The molecule has 0 heterocycles. The van der Waals surface area contributed by atoms with Gasteiger partial charge in [0.05, 0.1) is 11.6 Å². The van der Waals surface area contributed by atoms with Crippen LogP contribution < -0.4 is 5.32 Å². The van der Waals surface area contributed by atoms with Crippen LogP contribution in [-0.4, -0.2) is 34.6 Å². The van der Waals surface area contributed by atoms with Crippen molar-refractivity contribution in [1.29, 1.82) is 5.26 Å². The van der Waals surface area contributed by atoms with Crippen molar-refractivity contribution in [3.05, 3.63) is 35.1 Å². The molecule has 120 valence electrons. The van der Waals surface area contributed by atoms with Gasteiger partial charge in [-0.15, -0.1) is 0 Å². The molecule has 6 nitrogen and oxygen atoms in total. The van der Waals surface area contributed by atoms with Crippen molar-refractivity contribution in [2.75, 3.05) is 6.54 Å². The first-order valence-electron chi connectivity index (χ1n) is 6.66. The molecule has 0 aliphatic heterocycles. The van der Waals surface area contributed by atoms with E-state index >= 15 is 0 Å². The lowest BCUT2D eigenvalue weighted by molar-refractivity contribution is 0.0113. The summed E-state index contributed by atoms with van der Waals surface area (Å²) in [4.78, 5) is 11.4. The fraction of sp³-hybridized carbons (Fsp3) is 0.467. The number of ether oxygens (including phenoxy) is 1. The van der Waals surface area contributed by atoms with E-state index in [9.17, 15) is 19.4 Å². The molecular weight excluding hydrogens is 291 g/mol. The topological polar surface area (TPSA) is 103 Å². The fourth-order valence-corrected chi connectivity index (χ4v) is 1.66. The molecule has 0 aliphatic rings. The molecule has 0 aromatic heterocycles. The van der Waals surface area contributed by atoms with Gasteiger partial charge in [0.25, 0.3) is 0 Å². The van der Waals surface area contributed by atoms with Crippen LogP contribution in [0.5, 0.6) is 0 Å². The van der Waals surface area contributed by atoms with Crippen LogP contribution in [-0.2, 0) is 4.74 Å². The fourth-order valence-electron chi connectivity index (χ4n) is 1.66. The Hall–Kier alpha value is -2.17. The van der Waals surface area contributed by atoms with Gasteiger partial charge in [0.15, 0.2) is 0 Å². The summed E-state index contributed by atoms with van der Waals surface area (Å²) in [6.45, 7) is 4.74. The molecule has 0 fully saturated rings. The summed E-state index contributed by atoms with van der Waals surface area (Å²) >= 11 is 0. The zero-order valence-corrected chi connectivity index (χ0v) is 12.6. The van der Waals surface area contributed by atoms with Gasteiger partial charge in [-0.2, -0.15) is 5.26 Å². The normalized spacial score (nSPS) is 13.9. The summed E-state index contributed by atoms with van der Waals surface area (Å²) in [5.41, 5.74) is -0.736. The van der Waals surface area contributed by atoms with E-state index in [0.717, 1.165) is 6.07 Å². The molecule has 0 saturated heterocycles. The van der Waals surface area contributed by atoms with E-state index in [2.05, 4.69) is 5.32 Å². The minimum atomic E-state index is -1.54.